The number of benzene rings is 4. The van der Waals surface area contributed by atoms with Gasteiger partial charge in [0.2, 0.25) is 5.78 Å². The van der Waals surface area contributed by atoms with E-state index in [4.69, 9.17) is 8.83 Å². The summed E-state index contributed by atoms with van der Waals surface area (Å²) in [6, 6.07) is 18.6. The lowest BCUT2D eigenvalue weighted by molar-refractivity contribution is -0.160. The van der Waals surface area contributed by atoms with Crippen LogP contribution >= 0.6 is 0 Å². The van der Waals surface area contributed by atoms with Gasteiger partial charge in [-0.15, -0.1) is 0 Å². The zero-order valence-corrected chi connectivity index (χ0v) is 33.9. The Labute approximate surface area is 364 Å². The Kier molecular flexibility index (Phi) is 15.5. The third kappa shape index (κ3) is 12.2. The number of H-pyrrole nitrogens is 2. The van der Waals surface area contributed by atoms with Crippen molar-refractivity contribution in [1.82, 2.24) is 14.9 Å². The van der Waals surface area contributed by atoms with Crippen molar-refractivity contribution in [2.24, 2.45) is 10.7 Å². The molecule has 1 atom stereocenters. The predicted molar refractivity (Wildman–Crippen MR) is 216 cm³/mol. The zero-order chi connectivity index (χ0) is 48.5. The number of halogens is 8. The lowest BCUT2D eigenvalue weighted by Crippen LogP contribution is -2.39. The molecule has 2 aliphatic heterocycles. The number of nitrogens with one attached hydrogen (secondary N) is 2. The Morgan fingerprint density at radius 2 is 1.36 bits per heavy atom. The molecule has 66 heavy (non-hydrogen) atoms. The number of oxazole rings is 2. The van der Waals surface area contributed by atoms with E-state index in [1.165, 1.54) is 48.5 Å². The van der Waals surface area contributed by atoms with Crippen LogP contribution in [0.1, 0.15) is 51.2 Å². The first-order chi connectivity index (χ1) is 31.1. The molecule has 2 aromatic heterocycles. The first kappa shape index (κ1) is 49.2. The molecule has 346 valence electrons. The number of ketones is 2. The van der Waals surface area contributed by atoms with Gasteiger partial charge in [0.05, 0.1) is 54.5 Å². The number of para-hydroxylation sites is 2. The van der Waals surface area contributed by atoms with Gasteiger partial charge in [-0.3, -0.25) is 34.1 Å². The summed E-state index contributed by atoms with van der Waals surface area (Å²) >= 11 is 0. The van der Waals surface area contributed by atoms with Crippen LogP contribution < -0.4 is 17.2 Å². The molecule has 0 radical (unpaired) electrons. The molecule has 6 aromatic rings. The number of rotatable bonds is 9. The van der Waals surface area contributed by atoms with Gasteiger partial charge in [0.25, 0.3) is 5.91 Å². The van der Waals surface area contributed by atoms with E-state index in [0.29, 0.717) is 39.6 Å². The predicted octanol–water partition coefficient (Wildman–Crippen LogP) is 6.48. The molecule has 0 fully saturated rings. The van der Waals surface area contributed by atoms with Crippen molar-refractivity contribution in [3.63, 3.8) is 0 Å². The summed E-state index contributed by atoms with van der Waals surface area (Å²) in [5.74, 6) is -5.64. The summed E-state index contributed by atoms with van der Waals surface area (Å²) < 4.78 is 112. The van der Waals surface area contributed by atoms with Crippen molar-refractivity contribution in [3.05, 3.63) is 151 Å². The largest absolute Gasteiger partial charge is 0.460 e. The van der Waals surface area contributed by atoms with E-state index in [2.05, 4.69) is 25.4 Å². The average Bonchev–Trinajstić information content (AvgIpc) is 4.03. The van der Waals surface area contributed by atoms with Gasteiger partial charge in [-0.05, 0) is 73.2 Å². The number of carbonyl (C=O) groups is 5. The van der Waals surface area contributed by atoms with E-state index in [1.807, 2.05) is 0 Å². The van der Waals surface area contributed by atoms with Gasteiger partial charge >= 0.3 is 29.8 Å². The van der Waals surface area contributed by atoms with Crippen LogP contribution in [0, 0.1) is 11.6 Å². The number of aromatic nitrogens is 2. The minimum absolute atomic E-state index is 0.0566. The second-order valence-electron chi connectivity index (χ2n) is 13.7. The molecule has 0 saturated carbocycles. The maximum atomic E-state index is 13.5. The monoisotopic (exact) mass is 931 g/mol. The van der Waals surface area contributed by atoms with Gasteiger partial charge in [0.15, 0.2) is 16.9 Å². The number of hydrogen-bond acceptors (Lipinski definition) is 12. The number of aromatic amines is 2. The molecule has 4 heterocycles. The van der Waals surface area contributed by atoms with Crippen molar-refractivity contribution in [2.75, 3.05) is 26.2 Å². The Balaban J connectivity index is 0.000000198. The Morgan fingerprint density at radius 3 is 1.91 bits per heavy atom. The summed E-state index contributed by atoms with van der Waals surface area (Å²) in [7, 11) is 0. The smallest absolute Gasteiger partial charge is 0.417 e. The molecule has 23 heteroatoms. The number of esters is 1. The highest BCUT2D eigenvalue weighted by Gasteiger charge is 2.48. The summed E-state index contributed by atoms with van der Waals surface area (Å²) in [6.07, 6.45) is -8.76. The highest BCUT2D eigenvalue weighted by Crippen LogP contribution is 2.44. The van der Waals surface area contributed by atoms with Gasteiger partial charge in [0.1, 0.15) is 24.5 Å². The number of nitrogens with zero attached hydrogens (tertiary/aromatic N) is 2. The van der Waals surface area contributed by atoms with Gasteiger partial charge in [-0.1, -0.05) is 24.3 Å². The summed E-state index contributed by atoms with van der Waals surface area (Å²) in [6.45, 7) is -1.17. The van der Waals surface area contributed by atoms with Crippen molar-refractivity contribution in [2.45, 2.75) is 31.7 Å². The molecule has 0 saturated heterocycles. The summed E-state index contributed by atoms with van der Waals surface area (Å²) in [4.78, 5) is 90.3. The molecular weight excluding hydrogens is 898 g/mol. The molecule has 8 rings (SSSR count). The van der Waals surface area contributed by atoms with Gasteiger partial charge in [-0.2, -0.15) is 26.3 Å². The number of amides is 1. The van der Waals surface area contributed by atoms with E-state index in [-0.39, 0.29) is 47.0 Å². The van der Waals surface area contributed by atoms with Crippen LogP contribution in [0.5, 0.6) is 0 Å². The summed E-state index contributed by atoms with van der Waals surface area (Å²) in [5.41, 5.74) is 7.18. The lowest BCUT2D eigenvalue weighted by atomic mass is 9.91. The van der Waals surface area contributed by atoms with Crippen molar-refractivity contribution >= 4 is 57.6 Å². The number of alkyl halides is 6. The molecule has 0 bridgehead atoms. The minimum atomic E-state index is -4.63. The Bertz CT molecular complexity index is 2950. The topological polar surface area (TPSA) is 228 Å². The van der Waals surface area contributed by atoms with Crippen molar-refractivity contribution in [1.29, 1.82) is 0 Å². The average molecular weight is 932 g/mol. The molecule has 4 aromatic carbocycles. The zero-order valence-electron chi connectivity index (χ0n) is 33.9. The van der Waals surface area contributed by atoms with Crippen molar-refractivity contribution < 1.29 is 72.7 Å². The molecule has 1 amide bonds. The van der Waals surface area contributed by atoms with Crippen LogP contribution in [0.25, 0.3) is 22.2 Å². The van der Waals surface area contributed by atoms with E-state index in [9.17, 15) is 68.7 Å². The van der Waals surface area contributed by atoms with Gasteiger partial charge < -0.3 is 24.2 Å². The lowest BCUT2D eigenvalue weighted by Gasteiger charge is -2.29. The van der Waals surface area contributed by atoms with Crippen LogP contribution in [0.2, 0.25) is 0 Å². The fourth-order valence-corrected chi connectivity index (χ4v) is 6.39. The van der Waals surface area contributed by atoms with E-state index in [1.54, 1.807) is 31.2 Å². The highest BCUT2D eigenvalue weighted by atomic mass is 19.4. The quantitative estimate of drug-likeness (QED) is 0.0355. The highest BCUT2D eigenvalue weighted by molar-refractivity contribution is 6.38. The van der Waals surface area contributed by atoms with Crippen molar-refractivity contribution in [3.8, 4) is 0 Å². The van der Waals surface area contributed by atoms with Crippen LogP contribution in [-0.2, 0) is 19.1 Å². The standard InChI is InChI=1S/C21H13F4N3O3.C13H11NO6.C7H5FO.C2H4F3N/c22-11-6-4-10(5-7-11)17-15-13(19(29)28(17)9-21(23,24)25)8-26-16(15)12-2-1-3-14-18(12)31-20(30)27-14;1-2-19-12(17)10(16)6-9(15)7-4-3-5-8-11(7)20-13(18)14-8;8-7-3-1-6(5-9)2-4-7;3-2(4,5)1-6/h1-7,17H,8-9H2,(H,27,30);3-5H,2,6H2,1H3,(H,14,18);1-5H;1,6H2. The number of hydrogen-bond donors (Lipinski definition) is 3. The number of ether oxygens (including phenoxy) is 1. The Hall–Kier alpha value is -7.82. The number of nitrogens with two attached hydrogens (primary N) is 1. The number of aliphatic imine (C=N–C) groups is 1. The van der Waals surface area contributed by atoms with Gasteiger partial charge in [0, 0.05) is 22.3 Å². The normalized spacial score (nSPS) is 14.3. The Morgan fingerprint density at radius 1 is 0.818 bits per heavy atom. The molecule has 1 unspecified atom stereocenters. The molecule has 0 spiro atoms. The molecule has 15 nitrogen and oxygen atoms in total. The van der Waals surface area contributed by atoms with Crippen LogP contribution in [0.3, 0.4) is 0 Å². The maximum absolute atomic E-state index is 13.5. The second-order valence-corrected chi connectivity index (χ2v) is 13.7. The number of Topliss-reactive ketones (excluding diaryl/α,β-unsaturated/α-hetero) is 2. The number of carbonyl (C=O) groups excluding carboxylic acids is 5. The number of fused-ring (bicyclic) bond motifs is 2. The fraction of sp³-hybridized carbons (Fsp3) is 0.209. The third-order valence-electron chi connectivity index (χ3n) is 9.13. The third-order valence-corrected chi connectivity index (χ3v) is 9.13. The number of aldehydes is 1. The first-order valence-electron chi connectivity index (χ1n) is 19.0. The molecule has 4 N–H and O–H groups in total. The maximum Gasteiger partial charge on any atom is 0.417 e. The van der Waals surface area contributed by atoms with E-state index < -0.39 is 78.7 Å². The van der Waals surface area contributed by atoms with Crippen LogP contribution in [-0.4, -0.2) is 88.9 Å². The van der Waals surface area contributed by atoms with Crippen LogP contribution in [0.15, 0.2) is 119 Å². The SMILES string of the molecule is CCOC(=O)C(=O)CC(=O)c1cccc2[nH]c(=O)oc12.NCC(F)(F)F.O=C1C2=C(C(c3cccc4[nH]c(=O)oc34)=NC2)C(c2ccc(F)cc2)N1CC(F)(F)F.O=Cc1ccc(F)cc1. The minimum Gasteiger partial charge on any atom is -0.460 e. The molecular formula is C43H33F8N5O10. The first-order valence-corrected chi connectivity index (χ1v) is 19.0. The van der Waals surface area contributed by atoms with Gasteiger partial charge in [-0.25, -0.2) is 23.2 Å². The van der Waals surface area contributed by atoms with Crippen LogP contribution in [0.4, 0.5) is 35.1 Å². The van der Waals surface area contributed by atoms with E-state index in [0.717, 1.165) is 17.0 Å². The van der Waals surface area contributed by atoms with E-state index >= 15 is 0 Å². The molecule has 0 aliphatic carbocycles. The summed E-state index contributed by atoms with van der Waals surface area (Å²) in [5, 5.41) is 0. The fourth-order valence-electron chi connectivity index (χ4n) is 6.39. The molecule has 2 aliphatic rings. The second kappa shape index (κ2) is 20.8.